The van der Waals surface area contributed by atoms with Gasteiger partial charge in [-0.15, -0.1) is 17.9 Å². The molecule has 5 aromatic rings. The molecule has 2 saturated heterocycles. The Bertz CT molecular complexity index is 2840. The second-order valence-electron chi connectivity index (χ2n) is 13.8. The molecular formula is C41H54Cl15LiN10O17P4. The minimum atomic E-state index is -3.69. The van der Waals surface area contributed by atoms with E-state index in [2.05, 4.69) is 91.5 Å². The van der Waals surface area contributed by atoms with Gasteiger partial charge in [-0.25, -0.2) is 63.8 Å². The number of aromatic carboxylic acids is 2. The first-order valence-corrected chi connectivity index (χ1v) is 38.8. The number of nitrogens with zero attached hydrogens (tertiary/aromatic N) is 8. The van der Waals surface area contributed by atoms with Gasteiger partial charge >= 0.3 is 113 Å². The number of hydrogen-bond acceptors (Lipinski definition) is 22. The SMILES string of the molecule is C1CCOC1.C1CCOC1.CCO.CCOC(=O)c1cnc(Cl)nc1C.CCOC(=O)c1cnc(Cl)nc1Cl.Cc1nc(Cl)ncc1C(=O)O.ClP(Cl)(Cl)(Cl)Cl.O.O=C(Cl)c1cnc(Cl)nc1Cl.O=C(O)c1c[nH]c(=O)[nH]c1=O.O=P(Cl)(Cl)Cl.PP.[Li+].[OH-]. The zero-order valence-corrected chi connectivity index (χ0v) is 61.6. The van der Waals surface area contributed by atoms with Crippen LogP contribution in [-0.2, 0) is 23.5 Å². The van der Waals surface area contributed by atoms with Crippen LogP contribution < -0.4 is 30.1 Å². The van der Waals surface area contributed by atoms with E-state index in [1.807, 2.05) is 4.98 Å². The summed E-state index contributed by atoms with van der Waals surface area (Å²) in [5.74, 6) is -3.39. The van der Waals surface area contributed by atoms with Crippen LogP contribution in [0.2, 0.25) is 31.4 Å². The van der Waals surface area contributed by atoms with Crippen LogP contribution in [0.5, 0.6) is 0 Å². The van der Waals surface area contributed by atoms with Gasteiger partial charge < -0.3 is 50.2 Å². The van der Waals surface area contributed by atoms with E-state index in [4.69, 9.17) is 172 Å². The van der Waals surface area contributed by atoms with E-state index in [1.165, 1.54) is 50.5 Å². The Morgan fingerprint density at radius 2 is 0.898 bits per heavy atom. The number of carboxylic acids is 2. The number of carbonyl (C=O) groups excluding carboxylic acids is 3. The zero-order valence-electron chi connectivity index (χ0n) is 46.1. The van der Waals surface area contributed by atoms with Crippen LogP contribution >= 0.6 is 198 Å². The minimum Gasteiger partial charge on any atom is -0.870 e. The number of halogens is 15. The van der Waals surface area contributed by atoms with Crippen molar-refractivity contribution in [1.29, 1.82) is 0 Å². The van der Waals surface area contributed by atoms with Gasteiger partial charge in [0, 0.05) is 64.0 Å². The van der Waals surface area contributed by atoms with E-state index < -0.39 is 54.5 Å². The number of aliphatic hydroxyl groups excluding tert-OH is 1. The van der Waals surface area contributed by atoms with Gasteiger partial charge in [0.2, 0.25) is 21.1 Å². The molecule has 0 aromatic carbocycles. The minimum absolute atomic E-state index is 0. The summed E-state index contributed by atoms with van der Waals surface area (Å²) in [6, 6.07) is 0. The van der Waals surface area contributed by atoms with Crippen LogP contribution in [0.1, 0.15) is 110 Å². The van der Waals surface area contributed by atoms with E-state index in [9.17, 15) is 38.1 Å². The van der Waals surface area contributed by atoms with Gasteiger partial charge in [-0.1, -0.05) is 23.2 Å². The average molecular weight is 1620 g/mol. The molecule has 2 aliphatic heterocycles. The van der Waals surface area contributed by atoms with Gasteiger partial charge in [-0.2, -0.15) is 0 Å². The Morgan fingerprint density at radius 3 is 1.15 bits per heavy atom. The number of rotatable bonds is 7. The topological polar surface area (TPSA) is 430 Å². The molecule has 496 valence electrons. The Morgan fingerprint density at radius 1 is 0.614 bits per heavy atom. The summed E-state index contributed by atoms with van der Waals surface area (Å²) in [5.41, 5.74) is -0.604. The van der Waals surface area contributed by atoms with Crippen molar-refractivity contribution in [2.45, 2.75) is 60.3 Å². The van der Waals surface area contributed by atoms with Crippen molar-refractivity contribution in [3.05, 3.63) is 122 Å². The molecule has 0 radical (unpaired) electrons. The fourth-order valence-corrected chi connectivity index (χ4v) is 5.56. The molecule has 2 unspecified atom stereocenters. The maximum absolute atomic E-state index is 11.2. The number of aromatic nitrogens is 10. The molecule has 8 N–H and O–H groups in total. The summed E-state index contributed by atoms with van der Waals surface area (Å²) in [5, 5.41) is 20.6. The molecule has 2 fully saturated rings. The molecule has 0 bridgehead atoms. The van der Waals surface area contributed by atoms with Crippen molar-refractivity contribution < 1.29 is 92.6 Å². The van der Waals surface area contributed by atoms with Gasteiger partial charge in [0.1, 0.15) is 21.4 Å². The van der Waals surface area contributed by atoms with Gasteiger partial charge in [-0.3, -0.25) is 19.1 Å². The molecule has 0 amide bonds. The molecular weight excluding hydrogens is 1570 g/mol. The van der Waals surface area contributed by atoms with Crippen LogP contribution in [0, 0.1) is 13.8 Å². The number of carboxylic acid groups (broad SMARTS) is 2. The second-order valence-corrected chi connectivity index (χ2v) is 39.4. The van der Waals surface area contributed by atoms with Gasteiger partial charge in [0.15, 0.2) is 0 Å². The van der Waals surface area contributed by atoms with Crippen molar-refractivity contribution in [3.8, 4) is 0 Å². The zero-order chi connectivity index (χ0) is 66.7. The molecule has 0 saturated carbocycles. The third-order valence-corrected chi connectivity index (χ3v) is 8.97. The fourth-order valence-electron chi connectivity index (χ4n) is 4.25. The molecule has 2 atom stereocenters. The van der Waals surface area contributed by atoms with Gasteiger partial charge in [0.05, 0.1) is 41.3 Å². The molecule has 7 rings (SSSR count). The first kappa shape index (κ1) is 100. The number of H-pyrrole nitrogens is 2. The Hall–Kier alpha value is -1.18. The maximum Gasteiger partial charge on any atom is 1.00 e. The summed E-state index contributed by atoms with van der Waals surface area (Å²) in [7, 11) is 4.67. The molecule has 47 heteroatoms. The Balaban J connectivity index is -0.000000168. The van der Waals surface area contributed by atoms with Crippen LogP contribution in [0.25, 0.3) is 0 Å². The largest absolute Gasteiger partial charge is 1.00 e. The van der Waals surface area contributed by atoms with E-state index in [0.717, 1.165) is 32.6 Å². The summed E-state index contributed by atoms with van der Waals surface area (Å²) in [6.45, 7) is 13.2. The number of ether oxygens (including phenoxy) is 4. The van der Waals surface area contributed by atoms with Crippen molar-refractivity contribution in [1.82, 2.24) is 49.8 Å². The number of nitrogens with one attached hydrogen (secondary N) is 2. The van der Waals surface area contributed by atoms with Crippen molar-refractivity contribution >= 4 is 227 Å². The third-order valence-electron chi connectivity index (χ3n) is 7.46. The predicted molar refractivity (Wildman–Crippen MR) is 351 cm³/mol. The second kappa shape index (κ2) is 56.2. The number of aliphatic hydroxyl groups is 1. The fraction of sp³-hybridized carbons (Fsp3) is 0.390. The van der Waals surface area contributed by atoms with Crippen molar-refractivity contribution in [3.63, 3.8) is 0 Å². The monoisotopic (exact) mass is 1610 g/mol. The van der Waals surface area contributed by atoms with Crippen LogP contribution in [0.15, 0.2) is 40.6 Å². The number of carbonyl (C=O) groups is 5. The number of hydrogen-bond donors (Lipinski definition) is 5. The molecule has 88 heavy (non-hydrogen) atoms. The number of aromatic amines is 2. The van der Waals surface area contributed by atoms with E-state index >= 15 is 0 Å². The third kappa shape index (κ3) is 59.8. The Kier molecular flexibility index (Phi) is 64.1. The van der Waals surface area contributed by atoms with Crippen molar-refractivity contribution in [2.24, 2.45) is 0 Å². The first-order chi connectivity index (χ1) is 39.3. The van der Waals surface area contributed by atoms with Gasteiger partial charge in [0.25, 0.3) is 10.8 Å². The molecule has 7 heterocycles. The standard InChI is InChI=1S/C8H9ClN2O2.C7H6Cl2N2O2.C6H5ClN2O2.C5HCl3N2O.C5H4N2O4.2C4H8O.C2H6O.Cl5P.Cl3OP.Li.2H2O.H4P2/c1-3-13-7(12)6-4-10-8(9)11-5(6)2;1-2-13-6(12)4-3-10-7(9)11-5(4)8;1-3-4(5(10)11)2-8-6(7)9-3;6-3-2(4(7)11)1-9-5(8)10-3;8-3-2(4(9)10)1-6-5(11)7-3;2*1-2-4-5-3-1;1-2-3;1-6(2,3,4)5;1-5(2,3)4;;;;1-2/h4H,3H2,1-2H3;3H,2H2,1H3;2H,1H3,(H,10,11);1H;1H,(H,9,10)(H2,6,7,8,11);2*1-4H2;3H,2H2,1H3;;;;2*1H2;1-2H2/q;;;;;;;;;;+1;;;/p-1. The normalized spacial score (nSPS) is 11.5. The van der Waals surface area contributed by atoms with Crippen LogP contribution in [-0.4, -0.2) is 151 Å². The summed E-state index contributed by atoms with van der Waals surface area (Å²) in [4.78, 5) is 107. The summed E-state index contributed by atoms with van der Waals surface area (Å²) in [6.07, 6.45) is 10.9. The molecule has 5 aromatic heterocycles. The van der Waals surface area contributed by atoms with Crippen LogP contribution in [0.3, 0.4) is 0 Å². The smallest absolute Gasteiger partial charge is 0.870 e. The van der Waals surface area contributed by atoms with Crippen molar-refractivity contribution in [2.75, 3.05) is 46.2 Å². The maximum atomic E-state index is 11.2. The Labute approximate surface area is 592 Å². The van der Waals surface area contributed by atoms with E-state index in [1.54, 1.807) is 39.6 Å². The van der Waals surface area contributed by atoms with E-state index in [-0.39, 0.29) is 91.2 Å². The number of esters is 2. The predicted octanol–water partition coefficient (Wildman–Crippen LogP) is 11.0. The summed E-state index contributed by atoms with van der Waals surface area (Å²) < 4.78 is 25.2. The molecule has 0 aliphatic carbocycles. The molecule has 2 aliphatic rings. The van der Waals surface area contributed by atoms with Crippen LogP contribution in [0.4, 0.5) is 0 Å². The first-order valence-electron chi connectivity index (χ1n) is 22.3. The van der Waals surface area contributed by atoms with E-state index in [0.29, 0.717) is 23.6 Å². The molecule has 27 nitrogen and oxygen atoms in total. The number of aryl methyl sites for hydroxylation is 2. The summed E-state index contributed by atoms with van der Waals surface area (Å²) >= 11 is 76.7. The quantitative estimate of drug-likeness (QED) is 0.0252. The molecule has 0 spiro atoms. The van der Waals surface area contributed by atoms with Gasteiger partial charge in [-0.05, 0) is 152 Å². The average Bonchev–Trinajstić information content (AvgIpc) is 4.30.